The fraction of sp³-hybridized carbons (Fsp3) is 0. The Labute approximate surface area is 320 Å². The summed E-state index contributed by atoms with van der Waals surface area (Å²) >= 11 is 0. The quantitative estimate of drug-likeness (QED) is 0.170. The molecule has 12 rings (SSSR count). The summed E-state index contributed by atoms with van der Waals surface area (Å²) in [6, 6.07) is 61.2. The largest absolute Gasteiger partial charge is 0.456 e. The smallest absolute Gasteiger partial charge is 0.164 e. The van der Waals surface area contributed by atoms with E-state index in [1.165, 1.54) is 32.3 Å². The molecule has 0 saturated carbocycles. The van der Waals surface area contributed by atoms with Crippen LogP contribution in [0.15, 0.2) is 185 Å². The van der Waals surface area contributed by atoms with E-state index in [0.29, 0.717) is 17.5 Å². The van der Waals surface area contributed by atoms with Crippen molar-refractivity contribution >= 4 is 76.2 Å². The zero-order valence-corrected chi connectivity index (χ0v) is 29.9. The molecule has 3 aromatic heterocycles. The number of aromatic nitrogens is 3. The molecule has 0 saturated heterocycles. The number of hydrogen-bond donors (Lipinski definition) is 0. The number of rotatable bonds is 4. The first kappa shape index (κ1) is 30.8. The van der Waals surface area contributed by atoms with Crippen molar-refractivity contribution in [3.63, 3.8) is 0 Å². The fourth-order valence-electron chi connectivity index (χ4n) is 8.40. The van der Waals surface area contributed by atoms with Crippen LogP contribution in [0.5, 0.6) is 0 Å². The first-order valence-electron chi connectivity index (χ1n) is 18.8. The Balaban J connectivity index is 0.973. The first-order valence-corrected chi connectivity index (χ1v) is 18.8. The summed E-state index contributed by atoms with van der Waals surface area (Å²) < 4.78 is 12.7. The summed E-state index contributed by atoms with van der Waals surface area (Å²) in [5, 5.41) is 11.8. The van der Waals surface area contributed by atoms with Crippen LogP contribution in [0.1, 0.15) is 0 Å². The molecule has 0 amide bonds. The zero-order chi connectivity index (χ0) is 36.7. The van der Waals surface area contributed by atoms with Gasteiger partial charge in [-0.15, -0.1) is 0 Å². The molecule has 9 aromatic carbocycles. The Morgan fingerprint density at radius 2 is 0.625 bits per heavy atom. The predicted octanol–water partition coefficient (Wildman–Crippen LogP) is 13.8. The van der Waals surface area contributed by atoms with Crippen LogP contribution in [0.2, 0.25) is 0 Å². The van der Waals surface area contributed by atoms with Gasteiger partial charge in [0.1, 0.15) is 22.3 Å². The van der Waals surface area contributed by atoms with Gasteiger partial charge in [0, 0.05) is 38.2 Å². The maximum atomic E-state index is 6.50. The molecule has 0 unspecified atom stereocenters. The van der Waals surface area contributed by atoms with Gasteiger partial charge in [-0.25, -0.2) is 15.0 Å². The number of nitrogens with zero attached hydrogens (tertiary/aromatic N) is 3. The minimum Gasteiger partial charge on any atom is -0.456 e. The Hall–Kier alpha value is -7.63. The molecule has 0 N–H and O–H groups in total. The summed E-state index contributed by atoms with van der Waals surface area (Å²) in [6.45, 7) is 0. The molecule has 0 aliphatic rings. The fourth-order valence-corrected chi connectivity index (χ4v) is 8.40. The highest BCUT2D eigenvalue weighted by molar-refractivity contribution is 6.25. The lowest BCUT2D eigenvalue weighted by Gasteiger charge is -2.12. The molecule has 12 aromatic rings. The molecule has 5 heteroatoms. The highest BCUT2D eigenvalue weighted by Gasteiger charge is 2.17. The van der Waals surface area contributed by atoms with Gasteiger partial charge in [0.25, 0.3) is 0 Å². The highest BCUT2D eigenvalue weighted by Crippen LogP contribution is 2.40. The second-order valence-electron chi connectivity index (χ2n) is 14.4. The van der Waals surface area contributed by atoms with Crippen LogP contribution in [-0.2, 0) is 0 Å². The lowest BCUT2D eigenvalue weighted by molar-refractivity contribution is 0.668. The molecule has 0 aliphatic carbocycles. The summed E-state index contributed by atoms with van der Waals surface area (Å²) in [5.74, 6) is 1.74. The van der Waals surface area contributed by atoms with Crippen molar-refractivity contribution in [2.24, 2.45) is 0 Å². The van der Waals surface area contributed by atoms with Crippen LogP contribution in [0.4, 0.5) is 0 Å². The van der Waals surface area contributed by atoms with Crippen molar-refractivity contribution < 1.29 is 8.83 Å². The van der Waals surface area contributed by atoms with Crippen LogP contribution >= 0.6 is 0 Å². The number of fused-ring (bicyclic) bond motifs is 12. The molecule has 0 radical (unpaired) electrons. The number of hydrogen-bond acceptors (Lipinski definition) is 5. The van der Waals surface area contributed by atoms with Gasteiger partial charge in [0.2, 0.25) is 0 Å². The van der Waals surface area contributed by atoms with Gasteiger partial charge in [0.05, 0.1) is 0 Å². The predicted molar refractivity (Wildman–Crippen MR) is 229 cm³/mol. The third kappa shape index (κ3) is 4.78. The molecule has 56 heavy (non-hydrogen) atoms. The van der Waals surface area contributed by atoms with Gasteiger partial charge in [-0.2, -0.15) is 0 Å². The van der Waals surface area contributed by atoms with E-state index in [0.717, 1.165) is 71.7 Å². The number of benzene rings is 9. The number of furan rings is 2. The van der Waals surface area contributed by atoms with Crippen molar-refractivity contribution in [2.75, 3.05) is 0 Å². The maximum absolute atomic E-state index is 6.50. The summed E-state index contributed by atoms with van der Waals surface area (Å²) in [4.78, 5) is 15.0. The monoisotopic (exact) mass is 715 g/mol. The average molecular weight is 716 g/mol. The second-order valence-corrected chi connectivity index (χ2v) is 14.4. The van der Waals surface area contributed by atoms with E-state index in [1.807, 2.05) is 60.7 Å². The lowest BCUT2D eigenvalue weighted by Crippen LogP contribution is -2.00. The molecular weight excluding hydrogens is 687 g/mol. The van der Waals surface area contributed by atoms with Gasteiger partial charge in [-0.1, -0.05) is 127 Å². The number of para-hydroxylation sites is 1. The van der Waals surface area contributed by atoms with Crippen LogP contribution in [-0.4, -0.2) is 15.0 Å². The van der Waals surface area contributed by atoms with Gasteiger partial charge in [-0.05, 0) is 92.0 Å². The van der Waals surface area contributed by atoms with Crippen LogP contribution in [0.3, 0.4) is 0 Å². The van der Waals surface area contributed by atoms with E-state index < -0.39 is 0 Å². The van der Waals surface area contributed by atoms with E-state index >= 15 is 0 Å². The molecule has 0 atom stereocenters. The van der Waals surface area contributed by atoms with Crippen molar-refractivity contribution in [3.8, 4) is 45.3 Å². The zero-order valence-electron chi connectivity index (χ0n) is 29.9. The van der Waals surface area contributed by atoms with Gasteiger partial charge < -0.3 is 8.83 Å². The van der Waals surface area contributed by atoms with E-state index in [9.17, 15) is 0 Å². The van der Waals surface area contributed by atoms with Gasteiger partial charge in [0.15, 0.2) is 17.5 Å². The second kappa shape index (κ2) is 11.9. The molecule has 0 aliphatic heterocycles. The molecule has 0 bridgehead atoms. The molecule has 5 nitrogen and oxygen atoms in total. The van der Waals surface area contributed by atoms with E-state index in [4.69, 9.17) is 23.8 Å². The molecule has 3 heterocycles. The SMILES string of the molecule is c1ccc(-c2nc(-c3ccc4c(c3)oc3ccccc34)nc(-c3ccc4c(c3)oc3ccc(-c5ccc6c7ccccc7c7ccccc7c6c5)cc34)n2)cc1. The van der Waals surface area contributed by atoms with Crippen LogP contribution < -0.4 is 0 Å². The lowest BCUT2D eigenvalue weighted by atomic mass is 9.92. The van der Waals surface area contributed by atoms with E-state index in [-0.39, 0.29) is 0 Å². The molecule has 260 valence electrons. The summed E-state index contributed by atoms with van der Waals surface area (Å²) in [5.41, 5.74) is 8.16. The van der Waals surface area contributed by atoms with Crippen molar-refractivity contribution in [2.45, 2.75) is 0 Å². The Kier molecular flexibility index (Phi) is 6.56. The Morgan fingerprint density at radius 3 is 1.25 bits per heavy atom. The minimum atomic E-state index is 0.567. The summed E-state index contributed by atoms with van der Waals surface area (Å²) in [6.07, 6.45) is 0. The van der Waals surface area contributed by atoms with Gasteiger partial charge in [-0.3, -0.25) is 0 Å². The van der Waals surface area contributed by atoms with Crippen molar-refractivity contribution in [1.29, 1.82) is 0 Å². The van der Waals surface area contributed by atoms with E-state index in [1.54, 1.807) is 0 Å². The molecular formula is C51H29N3O2. The topological polar surface area (TPSA) is 65.0 Å². The van der Waals surface area contributed by atoms with Crippen LogP contribution in [0.25, 0.3) is 121 Å². The van der Waals surface area contributed by atoms with Crippen molar-refractivity contribution in [1.82, 2.24) is 15.0 Å². The van der Waals surface area contributed by atoms with E-state index in [2.05, 4.69) is 115 Å². The maximum Gasteiger partial charge on any atom is 0.164 e. The Bertz CT molecular complexity index is 3510. The summed E-state index contributed by atoms with van der Waals surface area (Å²) in [7, 11) is 0. The average Bonchev–Trinajstić information content (AvgIpc) is 3.83. The van der Waals surface area contributed by atoms with Crippen molar-refractivity contribution in [3.05, 3.63) is 176 Å². The minimum absolute atomic E-state index is 0.567. The Morgan fingerprint density at radius 1 is 0.232 bits per heavy atom. The molecule has 0 fully saturated rings. The standard InChI is InChI=1S/C51H29N3O2/c1-2-10-30(11-3-1)49-52-50(33-19-23-41-40-16-8-9-17-45(40)55-47(41)28-33)54-51(53-49)34-20-24-42-44-27-32(21-25-46(44)56-48(42)29-34)31-18-22-39-37-14-5-4-12-35(37)36-13-6-7-15-38(36)43(39)26-31/h1-29H. The third-order valence-corrected chi connectivity index (χ3v) is 11.1. The van der Waals surface area contributed by atoms with Crippen LogP contribution in [0, 0.1) is 0 Å². The normalized spacial score (nSPS) is 11.9. The highest BCUT2D eigenvalue weighted by atomic mass is 16.3. The first-order chi connectivity index (χ1) is 27.7. The van der Waals surface area contributed by atoms with Gasteiger partial charge >= 0.3 is 0 Å². The molecule has 0 spiro atoms. The third-order valence-electron chi connectivity index (χ3n) is 11.1.